The van der Waals surface area contributed by atoms with Crippen LogP contribution in [0.4, 0.5) is 10.5 Å². The van der Waals surface area contributed by atoms with Gasteiger partial charge in [0.15, 0.2) is 0 Å². The summed E-state index contributed by atoms with van der Waals surface area (Å²) in [5.74, 6) is -0.121. The molecule has 0 unspecified atom stereocenters. The number of hydrogen-bond donors (Lipinski definition) is 2. The number of anilines is 1. The monoisotopic (exact) mass is 341 g/mol. The van der Waals surface area contributed by atoms with Gasteiger partial charge < -0.3 is 20.3 Å². The van der Waals surface area contributed by atoms with Gasteiger partial charge in [-0.05, 0) is 39.0 Å². The van der Waals surface area contributed by atoms with Crippen molar-refractivity contribution in [1.82, 2.24) is 10.2 Å². The van der Waals surface area contributed by atoms with Crippen molar-refractivity contribution in [3.63, 3.8) is 0 Å². The molecule has 2 amide bonds. The Hall–Kier alpha value is -1.95. The lowest BCUT2D eigenvalue weighted by atomic mass is 10.1. The van der Waals surface area contributed by atoms with Crippen molar-refractivity contribution in [2.75, 3.05) is 32.5 Å². The molecule has 1 aromatic rings. The van der Waals surface area contributed by atoms with E-state index in [0.29, 0.717) is 29.4 Å². The maximum Gasteiger partial charge on any atom is 0.407 e. The van der Waals surface area contributed by atoms with Crippen molar-refractivity contribution in [3.05, 3.63) is 28.8 Å². The van der Waals surface area contributed by atoms with Crippen LogP contribution < -0.4 is 10.6 Å². The lowest BCUT2D eigenvalue weighted by Crippen LogP contribution is -2.35. The third kappa shape index (κ3) is 6.78. The molecule has 1 aromatic carbocycles. The summed E-state index contributed by atoms with van der Waals surface area (Å²) in [6.45, 7) is 6.20. The highest BCUT2D eigenvalue weighted by molar-refractivity contribution is 6.31. The van der Waals surface area contributed by atoms with Gasteiger partial charge in [0.1, 0.15) is 5.60 Å². The number of rotatable bonds is 5. The van der Waals surface area contributed by atoms with Gasteiger partial charge in [0, 0.05) is 37.9 Å². The molecule has 23 heavy (non-hydrogen) atoms. The van der Waals surface area contributed by atoms with Crippen molar-refractivity contribution in [1.29, 1.82) is 0 Å². The Morgan fingerprint density at radius 2 is 1.87 bits per heavy atom. The maximum atomic E-state index is 12.1. The first-order valence-corrected chi connectivity index (χ1v) is 7.70. The number of hydrogen-bond acceptors (Lipinski definition) is 4. The van der Waals surface area contributed by atoms with Gasteiger partial charge >= 0.3 is 6.09 Å². The number of benzene rings is 1. The summed E-state index contributed by atoms with van der Waals surface area (Å²) in [5.41, 5.74) is 0.620. The number of halogens is 1. The van der Waals surface area contributed by atoms with E-state index in [0.717, 1.165) is 0 Å². The molecular formula is C16H24ClN3O3. The Kier molecular flexibility index (Phi) is 6.69. The van der Waals surface area contributed by atoms with Gasteiger partial charge in [-0.2, -0.15) is 0 Å². The molecule has 0 aliphatic heterocycles. The van der Waals surface area contributed by atoms with E-state index < -0.39 is 11.7 Å². The number of carbonyl (C=O) groups is 2. The Morgan fingerprint density at radius 3 is 2.43 bits per heavy atom. The van der Waals surface area contributed by atoms with Crippen LogP contribution in [-0.2, 0) is 4.74 Å². The van der Waals surface area contributed by atoms with Gasteiger partial charge in [-0.15, -0.1) is 0 Å². The topological polar surface area (TPSA) is 70.7 Å². The number of nitrogens with one attached hydrogen (secondary N) is 2. The number of carbonyl (C=O) groups excluding carboxylic acids is 2. The van der Waals surface area contributed by atoms with Gasteiger partial charge in [0.05, 0.1) is 5.56 Å². The maximum absolute atomic E-state index is 12.1. The average Bonchev–Trinajstić information content (AvgIpc) is 2.41. The summed E-state index contributed by atoms with van der Waals surface area (Å²) in [4.78, 5) is 25.2. The summed E-state index contributed by atoms with van der Waals surface area (Å²) in [6.07, 6.45) is -0.477. The van der Waals surface area contributed by atoms with E-state index in [1.807, 2.05) is 0 Å². The summed E-state index contributed by atoms with van der Waals surface area (Å²) < 4.78 is 5.14. The Labute approximate surface area is 142 Å². The van der Waals surface area contributed by atoms with E-state index in [2.05, 4.69) is 10.6 Å². The van der Waals surface area contributed by atoms with E-state index in [9.17, 15) is 9.59 Å². The van der Waals surface area contributed by atoms with Gasteiger partial charge in [-0.1, -0.05) is 11.6 Å². The van der Waals surface area contributed by atoms with E-state index in [1.165, 1.54) is 4.90 Å². The zero-order valence-electron chi connectivity index (χ0n) is 14.2. The SMILES string of the molecule is CN(C)C(=O)c1ccc(Cl)cc1NCCNC(=O)OC(C)(C)C. The van der Waals surface area contributed by atoms with Gasteiger partial charge in [0.25, 0.3) is 5.91 Å². The van der Waals surface area contributed by atoms with Crippen molar-refractivity contribution in [2.24, 2.45) is 0 Å². The lowest BCUT2D eigenvalue weighted by molar-refractivity contribution is 0.0529. The van der Waals surface area contributed by atoms with E-state index in [-0.39, 0.29) is 5.91 Å². The smallest absolute Gasteiger partial charge is 0.407 e. The predicted octanol–water partition coefficient (Wildman–Crippen LogP) is 2.98. The first-order chi connectivity index (χ1) is 10.6. The van der Waals surface area contributed by atoms with Crippen LogP contribution in [0.2, 0.25) is 5.02 Å². The van der Waals surface area contributed by atoms with Crippen molar-refractivity contribution in [2.45, 2.75) is 26.4 Å². The fraction of sp³-hybridized carbons (Fsp3) is 0.500. The number of amides is 2. The Bertz CT molecular complexity index is 568. The largest absolute Gasteiger partial charge is 0.444 e. The third-order valence-electron chi connectivity index (χ3n) is 2.73. The molecule has 0 fully saturated rings. The van der Waals surface area contributed by atoms with Crippen molar-refractivity contribution < 1.29 is 14.3 Å². The average molecular weight is 342 g/mol. The quantitative estimate of drug-likeness (QED) is 0.808. The highest BCUT2D eigenvalue weighted by Crippen LogP contribution is 2.22. The second kappa shape index (κ2) is 8.06. The molecule has 0 saturated carbocycles. The molecule has 0 atom stereocenters. The number of alkyl carbamates (subject to hydrolysis) is 1. The molecule has 2 N–H and O–H groups in total. The molecule has 1 rings (SSSR count). The number of nitrogens with zero attached hydrogens (tertiary/aromatic N) is 1. The fourth-order valence-corrected chi connectivity index (χ4v) is 1.94. The van der Waals surface area contributed by atoms with Gasteiger partial charge in [0.2, 0.25) is 0 Å². The Morgan fingerprint density at radius 1 is 1.22 bits per heavy atom. The van der Waals surface area contributed by atoms with Crippen LogP contribution in [0.1, 0.15) is 31.1 Å². The normalized spacial score (nSPS) is 10.9. The molecule has 0 saturated heterocycles. The second-order valence-corrected chi connectivity index (χ2v) is 6.68. The summed E-state index contributed by atoms with van der Waals surface area (Å²) in [7, 11) is 3.37. The lowest BCUT2D eigenvalue weighted by Gasteiger charge is -2.20. The summed E-state index contributed by atoms with van der Waals surface area (Å²) in [5, 5.41) is 6.28. The highest BCUT2D eigenvalue weighted by atomic mass is 35.5. The minimum atomic E-state index is -0.532. The summed E-state index contributed by atoms with van der Waals surface area (Å²) >= 11 is 5.98. The minimum absolute atomic E-state index is 0.121. The molecule has 0 aliphatic rings. The van der Waals surface area contributed by atoms with E-state index in [4.69, 9.17) is 16.3 Å². The molecule has 0 spiro atoms. The van der Waals surface area contributed by atoms with E-state index in [1.54, 1.807) is 53.1 Å². The molecule has 6 nitrogen and oxygen atoms in total. The van der Waals surface area contributed by atoms with Crippen LogP contribution in [-0.4, -0.2) is 49.7 Å². The minimum Gasteiger partial charge on any atom is -0.444 e. The molecule has 7 heteroatoms. The molecule has 0 radical (unpaired) electrons. The molecule has 0 aliphatic carbocycles. The standard InChI is InChI=1S/C16H24ClN3O3/c1-16(2,3)23-15(22)19-9-8-18-13-10-11(17)6-7-12(13)14(21)20(4)5/h6-7,10,18H,8-9H2,1-5H3,(H,19,22). The van der Waals surface area contributed by atoms with Gasteiger partial charge in [-0.3, -0.25) is 4.79 Å². The zero-order chi connectivity index (χ0) is 17.6. The van der Waals surface area contributed by atoms with Crippen LogP contribution in [0.5, 0.6) is 0 Å². The van der Waals surface area contributed by atoms with Crippen LogP contribution >= 0.6 is 11.6 Å². The van der Waals surface area contributed by atoms with Crippen LogP contribution in [0, 0.1) is 0 Å². The van der Waals surface area contributed by atoms with E-state index >= 15 is 0 Å². The summed E-state index contributed by atoms with van der Waals surface area (Å²) in [6, 6.07) is 5.03. The van der Waals surface area contributed by atoms with Crippen LogP contribution in [0.3, 0.4) is 0 Å². The Balaban J connectivity index is 2.59. The van der Waals surface area contributed by atoms with Crippen LogP contribution in [0.25, 0.3) is 0 Å². The molecule has 128 valence electrons. The van der Waals surface area contributed by atoms with Gasteiger partial charge in [-0.25, -0.2) is 4.79 Å². The number of ether oxygens (including phenoxy) is 1. The van der Waals surface area contributed by atoms with Crippen LogP contribution in [0.15, 0.2) is 18.2 Å². The van der Waals surface area contributed by atoms with Crippen molar-refractivity contribution >= 4 is 29.3 Å². The highest BCUT2D eigenvalue weighted by Gasteiger charge is 2.16. The zero-order valence-corrected chi connectivity index (χ0v) is 15.0. The first kappa shape index (κ1) is 19.1. The fourth-order valence-electron chi connectivity index (χ4n) is 1.77. The third-order valence-corrected chi connectivity index (χ3v) is 2.96. The molecular weight excluding hydrogens is 318 g/mol. The molecule has 0 bridgehead atoms. The van der Waals surface area contributed by atoms with Crippen molar-refractivity contribution in [3.8, 4) is 0 Å². The first-order valence-electron chi connectivity index (χ1n) is 7.32. The predicted molar refractivity (Wildman–Crippen MR) is 92.2 cm³/mol. The molecule has 0 heterocycles. The second-order valence-electron chi connectivity index (χ2n) is 6.24. The molecule has 0 aromatic heterocycles.